The minimum absolute atomic E-state index is 0.652. The maximum Gasteiger partial charge on any atom is 0.143 e. The molecule has 0 aliphatic rings. The van der Waals surface area contributed by atoms with Gasteiger partial charge in [0.2, 0.25) is 0 Å². The van der Waals surface area contributed by atoms with Gasteiger partial charge >= 0.3 is 0 Å². The van der Waals surface area contributed by atoms with Crippen molar-refractivity contribution in [2.75, 3.05) is 12.8 Å². The predicted molar refractivity (Wildman–Crippen MR) is 91.4 cm³/mol. The second-order valence-electron chi connectivity index (χ2n) is 3.66. The number of hydrogen-bond acceptors (Lipinski definition) is 3. The van der Waals surface area contributed by atoms with E-state index in [4.69, 9.17) is 10.5 Å². The van der Waals surface area contributed by atoms with Crippen molar-refractivity contribution in [1.82, 2.24) is 0 Å². The van der Waals surface area contributed by atoms with Gasteiger partial charge in [0.25, 0.3) is 0 Å². The van der Waals surface area contributed by atoms with Gasteiger partial charge in [-0.3, -0.25) is 4.99 Å². The maximum atomic E-state index is 5.82. The van der Waals surface area contributed by atoms with Crippen LogP contribution in [0.5, 0.6) is 5.75 Å². The van der Waals surface area contributed by atoms with Gasteiger partial charge in [0.15, 0.2) is 0 Å². The third-order valence-electron chi connectivity index (χ3n) is 2.29. The summed E-state index contributed by atoms with van der Waals surface area (Å²) < 4.78 is 5.84. The fraction of sp³-hybridized carbons (Fsp3) is 0.417. The first-order valence-corrected chi connectivity index (χ1v) is 7.78. The minimum Gasteiger partial charge on any atom is -0.495 e. The molecule has 0 atom stereocenters. The van der Waals surface area contributed by atoms with Gasteiger partial charge < -0.3 is 10.5 Å². The normalized spacial score (nSPS) is 11.4. The van der Waals surface area contributed by atoms with Crippen LogP contribution in [0.4, 0.5) is 11.4 Å². The molecule has 0 heterocycles. The first kappa shape index (κ1) is 15.0. The molecule has 0 aromatic heterocycles. The highest BCUT2D eigenvalue weighted by molar-refractivity contribution is 14.2. The van der Waals surface area contributed by atoms with E-state index in [0.717, 1.165) is 24.1 Å². The van der Waals surface area contributed by atoms with Crippen molar-refractivity contribution in [3.63, 3.8) is 0 Å². The minimum atomic E-state index is 0.652. The lowest BCUT2D eigenvalue weighted by molar-refractivity contribution is 0.417. The number of halogens is 2. The van der Waals surface area contributed by atoms with Crippen LogP contribution >= 0.6 is 45.2 Å². The van der Waals surface area contributed by atoms with E-state index >= 15 is 0 Å². The molecule has 17 heavy (non-hydrogen) atoms. The molecule has 0 aliphatic heterocycles. The lowest BCUT2D eigenvalue weighted by Crippen LogP contribution is -1.93. The summed E-state index contributed by atoms with van der Waals surface area (Å²) >= 11 is 4.82. The van der Waals surface area contributed by atoms with Crippen LogP contribution in [0.1, 0.15) is 18.4 Å². The van der Waals surface area contributed by atoms with Crippen molar-refractivity contribution in [3.8, 4) is 5.75 Å². The molecule has 0 spiro atoms. The molecule has 0 unspecified atom stereocenters. The number of alkyl halides is 2. The number of methoxy groups -OCH3 is 1. The van der Waals surface area contributed by atoms with Gasteiger partial charge in [-0.1, -0.05) is 45.2 Å². The van der Waals surface area contributed by atoms with Crippen molar-refractivity contribution in [2.45, 2.75) is 21.7 Å². The van der Waals surface area contributed by atoms with Crippen molar-refractivity contribution < 1.29 is 4.74 Å². The van der Waals surface area contributed by atoms with Crippen LogP contribution in [0.3, 0.4) is 0 Å². The highest BCUT2D eigenvalue weighted by Crippen LogP contribution is 2.30. The third kappa shape index (κ3) is 4.99. The zero-order valence-corrected chi connectivity index (χ0v) is 14.2. The van der Waals surface area contributed by atoms with E-state index in [1.165, 1.54) is 0 Å². The SMILES string of the molecule is COc1cc(N=CCCC(I)I)c(C)cc1N. The molecule has 0 saturated heterocycles. The van der Waals surface area contributed by atoms with Crippen molar-refractivity contribution >= 4 is 62.8 Å². The van der Waals surface area contributed by atoms with E-state index < -0.39 is 0 Å². The maximum absolute atomic E-state index is 5.82. The molecule has 5 heteroatoms. The van der Waals surface area contributed by atoms with Crippen molar-refractivity contribution in [1.29, 1.82) is 0 Å². The van der Waals surface area contributed by atoms with Gasteiger partial charge in [-0.05, 0) is 31.4 Å². The van der Waals surface area contributed by atoms with E-state index in [1.807, 2.05) is 25.3 Å². The Labute approximate surface area is 129 Å². The van der Waals surface area contributed by atoms with Gasteiger partial charge in [-0.15, -0.1) is 0 Å². The number of benzene rings is 1. The summed E-state index contributed by atoms with van der Waals surface area (Å²) in [6.45, 7) is 2.00. The van der Waals surface area contributed by atoms with Gasteiger partial charge in [0.1, 0.15) is 5.75 Å². The number of anilines is 1. The van der Waals surface area contributed by atoms with E-state index in [-0.39, 0.29) is 0 Å². The van der Waals surface area contributed by atoms with Crippen LogP contribution in [0, 0.1) is 6.92 Å². The van der Waals surface area contributed by atoms with E-state index in [2.05, 4.69) is 50.2 Å². The summed E-state index contributed by atoms with van der Waals surface area (Å²) in [5, 5.41) is 0. The number of nitrogens with zero attached hydrogens (tertiary/aromatic N) is 1. The summed E-state index contributed by atoms with van der Waals surface area (Å²) in [6, 6.07) is 3.78. The second-order valence-corrected chi connectivity index (χ2v) is 9.05. The van der Waals surface area contributed by atoms with E-state index in [0.29, 0.717) is 13.4 Å². The first-order valence-electron chi connectivity index (χ1n) is 5.29. The Morgan fingerprint density at radius 1 is 1.47 bits per heavy atom. The van der Waals surface area contributed by atoms with Gasteiger partial charge in [0.05, 0.1) is 20.4 Å². The average Bonchev–Trinajstić information content (AvgIpc) is 2.26. The molecule has 0 bridgehead atoms. The molecule has 94 valence electrons. The molecule has 2 N–H and O–H groups in total. The summed E-state index contributed by atoms with van der Waals surface area (Å²) in [6.07, 6.45) is 4.08. The van der Waals surface area contributed by atoms with Crippen LogP contribution in [-0.4, -0.2) is 15.3 Å². The Bertz CT molecular complexity index is 406. The summed E-state index contributed by atoms with van der Waals surface area (Å²) in [7, 11) is 1.62. The zero-order valence-electron chi connectivity index (χ0n) is 9.91. The summed E-state index contributed by atoms with van der Waals surface area (Å²) in [5.41, 5.74) is 8.47. The second kappa shape index (κ2) is 7.40. The highest BCUT2D eigenvalue weighted by Gasteiger charge is 2.04. The van der Waals surface area contributed by atoms with Crippen LogP contribution < -0.4 is 10.5 Å². The van der Waals surface area contributed by atoms with Crippen LogP contribution in [0.15, 0.2) is 17.1 Å². The van der Waals surface area contributed by atoms with Crippen LogP contribution in [0.2, 0.25) is 0 Å². The van der Waals surface area contributed by atoms with Gasteiger partial charge in [-0.25, -0.2) is 0 Å². The molecule has 0 radical (unpaired) electrons. The number of ether oxygens (including phenoxy) is 1. The number of hydrogen-bond donors (Lipinski definition) is 1. The highest BCUT2D eigenvalue weighted by atomic mass is 127. The third-order valence-corrected chi connectivity index (χ3v) is 3.54. The fourth-order valence-electron chi connectivity index (χ4n) is 1.38. The molecule has 1 rings (SSSR count). The van der Waals surface area contributed by atoms with E-state index in [9.17, 15) is 0 Å². The lowest BCUT2D eigenvalue weighted by Gasteiger charge is -2.07. The quantitative estimate of drug-likeness (QED) is 0.311. The molecule has 0 aliphatic carbocycles. The molecule has 0 amide bonds. The standard InChI is InChI=1S/C12H16I2N2O/c1-8-6-9(15)11(17-2)7-10(8)16-5-3-4-12(13)14/h5-7,12H,3-4,15H2,1-2H3. The van der Waals surface area contributed by atoms with Crippen LogP contribution in [-0.2, 0) is 0 Å². The van der Waals surface area contributed by atoms with Crippen LogP contribution in [0.25, 0.3) is 0 Å². The topological polar surface area (TPSA) is 47.6 Å². The van der Waals surface area contributed by atoms with E-state index in [1.54, 1.807) is 7.11 Å². The zero-order chi connectivity index (χ0) is 12.8. The number of rotatable bonds is 5. The fourth-order valence-corrected chi connectivity index (χ4v) is 2.10. The number of nitrogen functional groups attached to an aromatic ring is 1. The molecular weight excluding hydrogens is 442 g/mol. The van der Waals surface area contributed by atoms with Gasteiger partial charge in [0, 0.05) is 12.3 Å². The Morgan fingerprint density at radius 3 is 2.76 bits per heavy atom. The van der Waals surface area contributed by atoms with Gasteiger partial charge in [-0.2, -0.15) is 0 Å². The Balaban J connectivity index is 2.76. The number of aryl methyl sites for hydroxylation is 1. The van der Waals surface area contributed by atoms with Crippen molar-refractivity contribution in [3.05, 3.63) is 17.7 Å². The summed E-state index contributed by atoms with van der Waals surface area (Å²) in [4.78, 5) is 4.46. The summed E-state index contributed by atoms with van der Waals surface area (Å²) in [5.74, 6) is 0.684. The Hall–Kier alpha value is -0.0500. The smallest absolute Gasteiger partial charge is 0.143 e. The first-order chi connectivity index (χ1) is 8.04. The predicted octanol–water partition coefficient (Wildman–Crippen LogP) is 4.26. The monoisotopic (exact) mass is 458 g/mol. The molecule has 0 fully saturated rings. The molecule has 1 aromatic rings. The average molecular weight is 458 g/mol. The van der Waals surface area contributed by atoms with Crippen molar-refractivity contribution in [2.24, 2.45) is 4.99 Å². The largest absolute Gasteiger partial charge is 0.495 e. The molecular formula is C12H16I2N2O. The Kier molecular flexibility index (Phi) is 6.53. The lowest BCUT2D eigenvalue weighted by atomic mass is 10.1. The molecule has 1 aromatic carbocycles. The number of nitrogens with two attached hydrogens (primary N) is 1. The molecule has 3 nitrogen and oxygen atoms in total. The Morgan fingerprint density at radius 2 is 2.18 bits per heavy atom. The number of aliphatic imine (C=N–C) groups is 1. The molecule has 0 saturated carbocycles.